The molecule has 0 saturated carbocycles. The molecule has 0 saturated heterocycles. The fourth-order valence-electron chi connectivity index (χ4n) is 9.25. The molecule has 0 spiro atoms. The third kappa shape index (κ3) is 6.27. The molecular weight excluding hydrogens is 733 g/mol. The summed E-state index contributed by atoms with van der Waals surface area (Å²) in [5, 5.41) is -3.18. The van der Waals surface area contributed by atoms with E-state index in [1.165, 1.54) is 0 Å². The van der Waals surface area contributed by atoms with E-state index in [0.29, 0.717) is 22.6 Å². The van der Waals surface area contributed by atoms with Gasteiger partial charge < -0.3 is 0 Å². The molecule has 2 nitrogen and oxygen atoms in total. The maximum Gasteiger partial charge on any atom is 0.160 e. The van der Waals surface area contributed by atoms with E-state index < -0.39 is 15.6 Å². The topological polar surface area (TPSA) is 25.8 Å². The molecule has 1 heterocycles. The maximum atomic E-state index is 7.28. The summed E-state index contributed by atoms with van der Waals surface area (Å²) >= 11 is 0. The zero-order chi connectivity index (χ0) is 44.0. The number of aromatic nitrogens is 2. The lowest BCUT2D eigenvalue weighted by molar-refractivity contribution is 0.540. The van der Waals surface area contributed by atoms with Crippen LogP contribution >= 0.6 is 0 Å². The van der Waals surface area contributed by atoms with Crippen molar-refractivity contribution in [2.75, 3.05) is 0 Å². The highest BCUT2D eigenvalue weighted by atomic mass is 14.9. The van der Waals surface area contributed by atoms with Crippen LogP contribution in [0.5, 0.6) is 0 Å². The van der Waals surface area contributed by atoms with E-state index in [4.69, 9.17) is 112 Å². The number of nitrogens with zero attached hydrogens (tertiary/aromatic N) is 2. The second-order valence-electron chi connectivity index (χ2n) is 15.9. The van der Waals surface area contributed by atoms with Gasteiger partial charge in [0.25, 0.3) is 0 Å². The molecule has 0 bridgehead atoms. The second kappa shape index (κ2) is 15.2. The standard InChI is InChI=1S/C47H21B13N2/c48-37-32(38(49)39(50)33-34-36(41(52)43(54)42(53)40(34)51)45(35(33)37,46(55,56)57)47(58,59)60)29-20-19-28(26-13-7-8-14-27(26)29)31-21-30(61-44(62-31)25-11-5-2-6-12-25)24-17-15-23(16-18-24)22-9-3-1-4-10-22/h1-21H. The Labute approximate surface area is 380 Å². The van der Waals surface area contributed by atoms with E-state index in [2.05, 4.69) is 36.4 Å². The Balaban J connectivity index is 1.29. The Morgan fingerprint density at radius 3 is 1.35 bits per heavy atom. The first-order valence-corrected chi connectivity index (χ1v) is 19.6. The maximum absolute atomic E-state index is 7.28. The molecule has 1 aromatic heterocycles. The largest absolute Gasteiger partial charge is 0.228 e. The van der Waals surface area contributed by atoms with E-state index in [9.17, 15) is 0 Å². The predicted octanol–water partition coefficient (Wildman–Crippen LogP) is 0.946. The van der Waals surface area contributed by atoms with Crippen molar-refractivity contribution < 1.29 is 0 Å². The predicted molar refractivity (Wildman–Crippen MR) is 271 cm³/mol. The van der Waals surface area contributed by atoms with Crippen molar-refractivity contribution in [1.29, 1.82) is 0 Å². The van der Waals surface area contributed by atoms with Gasteiger partial charge in [-0.3, -0.25) is 0 Å². The van der Waals surface area contributed by atoms with E-state index in [1.807, 2.05) is 91.0 Å². The Hall–Kier alpha value is -5.28. The minimum atomic E-state index is -2.36. The Kier molecular flexibility index (Phi) is 10.3. The zero-order valence-corrected chi connectivity index (χ0v) is 33.5. The average molecular weight is 754 g/mol. The molecule has 0 unspecified atom stereocenters. The summed E-state index contributed by atoms with van der Waals surface area (Å²) in [5.74, 6) is 0.552. The first kappa shape index (κ1) is 42.0. The molecule has 62 heavy (non-hydrogen) atoms. The summed E-state index contributed by atoms with van der Waals surface area (Å²) in [7, 11) is 87.5. The first-order chi connectivity index (χ1) is 29.5. The number of benzene rings is 7. The van der Waals surface area contributed by atoms with Crippen molar-refractivity contribution in [3.63, 3.8) is 0 Å². The van der Waals surface area contributed by atoms with Gasteiger partial charge in [-0.2, -0.15) is 0 Å². The molecule has 258 valence electrons. The molecule has 0 fully saturated rings. The molecule has 0 N–H and O–H groups in total. The van der Waals surface area contributed by atoms with Gasteiger partial charge in [0.2, 0.25) is 0 Å². The van der Waals surface area contributed by atoms with E-state index in [1.54, 1.807) is 0 Å². The molecule has 9 rings (SSSR count). The Bertz CT molecular complexity index is 3090. The molecule has 1 aliphatic rings. The third-order valence-corrected chi connectivity index (χ3v) is 12.1. The van der Waals surface area contributed by atoms with Crippen molar-refractivity contribution in [2.24, 2.45) is 0 Å². The van der Waals surface area contributed by atoms with Crippen molar-refractivity contribution in [1.82, 2.24) is 9.97 Å². The smallest absolute Gasteiger partial charge is 0.160 e. The van der Waals surface area contributed by atoms with Crippen LogP contribution in [-0.4, -0.2) is 112 Å². The van der Waals surface area contributed by atoms with Crippen LogP contribution in [0.2, 0.25) is 10.2 Å². The fourth-order valence-corrected chi connectivity index (χ4v) is 9.25. The van der Waals surface area contributed by atoms with Gasteiger partial charge in [-0.25, -0.2) is 9.97 Å². The van der Waals surface area contributed by atoms with Gasteiger partial charge in [0.15, 0.2) is 5.82 Å². The van der Waals surface area contributed by atoms with Gasteiger partial charge in [-0.15, -0.1) is 21.2 Å². The number of hydrogen-bond acceptors (Lipinski definition) is 2. The third-order valence-electron chi connectivity index (χ3n) is 12.1. The summed E-state index contributed by atoms with van der Waals surface area (Å²) in [4.78, 5) is 10.2. The molecule has 8 aromatic rings. The normalized spacial score (nSPS) is 13.2. The van der Waals surface area contributed by atoms with Crippen LogP contribution < -0.4 is 38.2 Å². The number of fused-ring (bicyclic) bond motifs is 4. The lowest BCUT2D eigenvalue weighted by atomic mass is 9.17. The summed E-state index contributed by atoms with van der Waals surface area (Å²) in [6.45, 7) is 0. The first-order valence-electron chi connectivity index (χ1n) is 19.6. The molecule has 15 heteroatoms. The van der Waals surface area contributed by atoms with Crippen molar-refractivity contribution >= 4 is 151 Å². The highest BCUT2D eigenvalue weighted by Gasteiger charge is 2.57. The lowest BCUT2D eigenvalue weighted by Gasteiger charge is -2.57. The quantitative estimate of drug-likeness (QED) is 0.227. The average Bonchev–Trinajstić information content (AvgIpc) is 3.62. The van der Waals surface area contributed by atoms with E-state index in [-0.39, 0.29) is 60.5 Å². The van der Waals surface area contributed by atoms with Gasteiger partial charge >= 0.3 is 0 Å². The summed E-state index contributed by atoms with van der Waals surface area (Å²) < 4.78 is 0. The van der Waals surface area contributed by atoms with Gasteiger partial charge in [0.05, 0.1) is 58.5 Å². The van der Waals surface area contributed by atoms with Crippen LogP contribution in [0.1, 0.15) is 11.1 Å². The van der Waals surface area contributed by atoms with Gasteiger partial charge in [0.1, 0.15) is 54.9 Å². The minimum absolute atomic E-state index is 0.0165. The molecular formula is C47H21B13N2. The van der Waals surface area contributed by atoms with E-state index in [0.717, 1.165) is 44.3 Å². The van der Waals surface area contributed by atoms with Gasteiger partial charge in [0, 0.05) is 16.7 Å². The van der Waals surface area contributed by atoms with Crippen molar-refractivity contribution in [3.05, 3.63) is 139 Å². The summed E-state index contributed by atoms with van der Waals surface area (Å²) in [5.41, 5.74) is 5.20. The highest BCUT2D eigenvalue weighted by molar-refractivity contribution is 6.70. The minimum Gasteiger partial charge on any atom is -0.228 e. The van der Waals surface area contributed by atoms with Gasteiger partial charge in [-0.1, -0.05) is 149 Å². The SMILES string of the molecule is [B]c1c([B])c([B])c2c(c1[B])-c1c([B])c([B])c(-c3ccc(-c4cc(-c5ccc(-c6ccccc6)cc5)nc(-c5ccccc5)n4)c4ccccc34)c([B])c1C2(C([B])([B])[B])C([B])([B])[B]. The molecule has 0 aliphatic heterocycles. The molecule has 0 amide bonds. The van der Waals surface area contributed by atoms with Crippen LogP contribution in [0.3, 0.4) is 0 Å². The molecule has 26 radical (unpaired) electrons. The fraction of sp³-hybridized carbons (Fsp3) is 0.0638. The van der Waals surface area contributed by atoms with Crippen LogP contribution in [0.15, 0.2) is 127 Å². The molecule has 0 atom stereocenters. The van der Waals surface area contributed by atoms with Crippen LogP contribution in [0.4, 0.5) is 0 Å². The van der Waals surface area contributed by atoms with Crippen LogP contribution in [0.25, 0.3) is 78.1 Å². The Morgan fingerprint density at radius 2 is 0.774 bits per heavy atom. The van der Waals surface area contributed by atoms with Gasteiger partial charge in [-0.05, 0) is 66.8 Å². The van der Waals surface area contributed by atoms with Crippen LogP contribution in [-0.2, 0) is 5.41 Å². The number of hydrogen-bond donors (Lipinski definition) is 0. The second-order valence-corrected chi connectivity index (χ2v) is 15.9. The molecule has 1 aliphatic carbocycles. The Morgan fingerprint density at radius 1 is 0.355 bits per heavy atom. The highest BCUT2D eigenvalue weighted by Crippen LogP contribution is 2.63. The monoisotopic (exact) mass is 756 g/mol. The summed E-state index contributed by atoms with van der Waals surface area (Å²) in [6.07, 6.45) is 0. The zero-order valence-electron chi connectivity index (χ0n) is 33.5. The number of rotatable bonds is 7. The van der Waals surface area contributed by atoms with Crippen molar-refractivity contribution in [2.45, 2.75) is 15.6 Å². The van der Waals surface area contributed by atoms with Crippen LogP contribution in [0, 0.1) is 0 Å². The summed E-state index contributed by atoms with van der Waals surface area (Å²) in [6, 6.07) is 41.9. The lowest BCUT2D eigenvalue weighted by Crippen LogP contribution is -2.59. The molecule has 7 aromatic carbocycles. The van der Waals surface area contributed by atoms with E-state index >= 15 is 0 Å². The van der Waals surface area contributed by atoms with Crippen molar-refractivity contribution in [3.8, 4) is 67.3 Å².